The number of pyridine rings is 1. The predicted molar refractivity (Wildman–Crippen MR) is 66.7 cm³/mol. The van der Waals surface area contributed by atoms with Crippen molar-refractivity contribution in [1.82, 2.24) is 4.98 Å². The zero-order chi connectivity index (χ0) is 13.8. The number of hydrogen-bond donors (Lipinski definition) is 2. The Kier molecular flexibility index (Phi) is 3.48. The lowest BCUT2D eigenvalue weighted by atomic mass is 10.2. The molecule has 0 saturated heterocycles. The number of hydrogen-bond acceptors (Lipinski definition) is 5. The zero-order valence-electron chi connectivity index (χ0n) is 10.2. The summed E-state index contributed by atoms with van der Waals surface area (Å²) >= 11 is 0. The van der Waals surface area contributed by atoms with E-state index in [0.717, 1.165) is 5.69 Å². The van der Waals surface area contributed by atoms with Crippen molar-refractivity contribution in [2.75, 3.05) is 5.32 Å². The van der Waals surface area contributed by atoms with E-state index in [4.69, 9.17) is 14.8 Å². The Morgan fingerprint density at radius 3 is 3.00 bits per heavy atom. The van der Waals surface area contributed by atoms with E-state index in [1.807, 2.05) is 6.07 Å². The maximum atomic E-state index is 10.9. The van der Waals surface area contributed by atoms with E-state index in [9.17, 15) is 4.79 Å². The van der Waals surface area contributed by atoms with E-state index < -0.39 is 5.97 Å². The Morgan fingerprint density at radius 2 is 2.37 bits per heavy atom. The first-order chi connectivity index (χ1) is 9.10. The predicted octanol–water partition coefficient (Wildman–Crippen LogP) is 2.17. The van der Waals surface area contributed by atoms with Crippen LogP contribution < -0.4 is 5.32 Å². The monoisotopic (exact) mass is 257 g/mol. The maximum Gasteiger partial charge on any atom is 0.339 e. The van der Waals surface area contributed by atoms with E-state index in [0.29, 0.717) is 23.8 Å². The fourth-order valence-electron chi connectivity index (χ4n) is 1.63. The molecular formula is C13H11N3O3. The second-order valence-corrected chi connectivity index (χ2v) is 3.88. The highest BCUT2D eigenvalue weighted by atomic mass is 16.4. The van der Waals surface area contributed by atoms with E-state index >= 15 is 0 Å². The highest BCUT2D eigenvalue weighted by Gasteiger charge is 2.13. The molecule has 96 valence electrons. The molecule has 6 heteroatoms. The quantitative estimate of drug-likeness (QED) is 0.870. The third-order valence-corrected chi connectivity index (χ3v) is 2.54. The van der Waals surface area contributed by atoms with Gasteiger partial charge in [-0.1, -0.05) is 0 Å². The number of aromatic nitrogens is 1. The summed E-state index contributed by atoms with van der Waals surface area (Å²) < 4.78 is 5.33. The van der Waals surface area contributed by atoms with Crippen LogP contribution in [0.2, 0.25) is 0 Å². The van der Waals surface area contributed by atoms with Crippen molar-refractivity contribution < 1.29 is 14.3 Å². The molecule has 0 aliphatic rings. The molecule has 0 radical (unpaired) electrons. The number of nitrogens with zero attached hydrogens (tertiary/aromatic N) is 2. The summed E-state index contributed by atoms with van der Waals surface area (Å²) in [7, 11) is 0. The molecule has 2 rings (SSSR count). The van der Waals surface area contributed by atoms with E-state index in [-0.39, 0.29) is 5.56 Å². The van der Waals surface area contributed by atoms with Crippen molar-refractivity contribution in [3.8, 4) is 6.07 Å². The van der Waals surface area contributed by atoms with E-state index in [2.05, 4.69) is 10.3 Å². The average molecular weight is 257 g/mol. The van der Waals surface area contributed by atoms with Gasteiger partial charge in [0.25, 0.3) is 0 Å². The van der Waals surface area contributed by atoms with Crippen LogP contribution in [0.15, 0.2) is 28.8 Å². The molecule has 2 aromatic rings. The topological polar surface area (TPSA) is 99.2 Å². The van der Waals surface area contributed by atoms with E-state index in [1.54, 1.807) is 19.1 Å². The normalized spacial score (nSPS) is 9.89. The maximum absolute atomic E-state index is 10.9. The van der Waals surface area contributed by atoms with Gasteiger partial charge in [0.2, 0.25) is 0 Å². The minimum Gasteiger partial charge on any atom is -0.478 e. The molecule has 0 amide bonds. The summed E-state index contributed by atoms with van der Waals surface area (Å²) in [5.41, 5.74) is 1.19. The highest BCUT2D eigenvalue weighted by Crippen LogP contribution is 2.16. The SMILES string of the molecule is Cc1oc(CNc2ccnc(C#N)c2)cc1C(=O)O. The summed E-state index contributed by atoms with van der Waals surface area (Å²) in [6, 6.07) is 6.75. The molecule has 0 unspecified atom stereocenters. The van der Waals surface area contributed by atoms with E-state index in [1.165, 1.54) is 12.3 Å². The van der Waals surface area contributed by atoms with Gasteiger partial charge in [0.05, 0.1) is 6.54 Å². The number of nitriles is 1. The molecule has 0 atom stereocenters. The van der Waals surface area contributed by atoms with Crippen molar-refractivity contribution in [2.45, 2.75) is 13.5 Å². The summed E-state index contributed by atoms with van der Waals surface area (Å²) in [5, 5.41) is 20.7. The van der Waals surface area contributed by atoms with Crippen molar-refractivity contribution in [2.24, 2.45) is 0 Å². The summed E-state index contributed by atoms with van der Waals surface area (Å²) in [5.74, 6) is -0.120. The van der Waals surface area contributed by atoms with Crippen LogP contribution in [0.25, 0.3) is 0 Å². The summed E-state index contributed by atoms with van der Waals surface area (Å²) in [6.07, 6.45) is 1.52. The van der Waals surface area contributed by atoms with Gasteiger partial charge in [0, 0.05) is 11.9 Å². The lowest BCUT2D eigenvalue weighted by Gasteiger charge is -2.03. The molecule has 2 N–H and O–H groups in total. The molecule has 0 aliphatic carbocycles. The van der Waals surface area contributed by atoms with Crippen LogP contribution >= 0.6 is 0 Å². The van der Waals surface area contributed by atoms with Crippen molar-refractivity contribution in [3.63, 3.8) is 0 Å². The molecule has 0 spiro atoms. The lowest BCUT2D eigenvalue weighted by molar-refractivity contribution is 0.0695. The minimum absolute atomic E-state index is 0.157. The average Bonchev–Trinajstić information content (AvgIpc) is 2.78. The number of anilines is 1. The van der Waals surface area contributed by atoms with Gasteiger partial charge in [-0.3, -0.25) is 0 Å². The molecule has 2 aromatic heterocycles. The molecule has 0 fully saturated rings. The van der Waals surface area contributed by atoms with Crippen molar-refractivity contribution in [3.05, 3.63) is 47.2 Å². The fraction of sp³-hybridized carbons (Fsp3) is 0.154. The first-order valence-electron chi connectivity index (χ1n) is 5.53. The molecule has 6 nitrogen and oxygen atoms in total. The van der Waals surface area contributed by atoms with Crippen LogP contribution in [0, 0.1) is 18.3 Å². The Morgan fingerprint density at radius 1 is 1.58 bits per heavy atom. The third-order valence-electron chi connectivity index (χ3n) is 2.54. The van der Waals surface area contributed by atoms with Crippen molar-refractivity contribution in [1.29, 1.82) is 5.26 Å². The second kappa shape index (κ2) is 5.23. The van der Waals surface area contributed by atoms with Crippen LogP contribution in [-0.2, 0) is 6.54 Å². The summed E-state index contributed by atoms with van der Waals surface area (Å²) in [4.78, 5) is 14.7. The number of aryl methyl sites for hydroxylation is 1. The Hall–Kier alpha value is -2.81. The summed E-state index contributed by atoms with van der Waals surface area (Å²) in [6.45, 7) is 1.94. The highest BCUT2D eigenvalue weighted by molar-refractivity contribution is 5.88. The number of rotatable bonds is 4. The number of aromatic carboxylic acids is 1. The standard InChI is InChI=1S/C13H11N3O3/c1-8-12(13(17)18)5-11(19-8)7-16-9-2-3-15-10(4-9)6-14/h2-5H,7H2,1H3,(H,15,16)(H,17,18). The van der Waals surface area contributed by atoms with Crippen molar-refractivity contribution >= 4 is 11.7 Å². The van der Waals surface area contributed by atoms with Crippen LogP contribution in [0.4, 0.5) is 5.69 Å². The van der Waals surface area contributed by atoms with Crippen LogP contribution in [0.3, 0.4) is 0 Å². The fourth-order valence-corrected chi connectivity index (χ4v) is 1.63. The molecule has 0 aromatic carbocycles. The van der Waals surface area contributed by atoms with Gasteiger partial charge < -0.3 is 14.8 Å². The van der Waals surface area contributed by atoms with Crippen LogP contribution in [0.5, 0.6) is 0 Å². The number of nitrogens with one attached hydrogen (secondary N) is 1. The third kappa shape index (κ3) is 2.90. The Labute approximate surface area is 109 Å². The van der Waals surface area contributed by atoms with Gasteiger partial charge in [-0.2, -0.15) is 5.26 Å². The first kappa shape index (κ1) is 12.6. The van der Waals surface area contributed by atoms with Crippen LogP contribution in [0.1, 0.15) is 27.6 Å². The number of carbonyl (C=O) groups is 1. The van der Waals surface area contributed by atoms with Gasteiger partial charge >= 0.3 is 5.97 Å². The first-order valence-corrected chi connectivity index (χ1v) is 5.53. The molecule has 2 heterocycles. The molecule has 0 saturated carbocycles. The lowest BCUT2D eigenvalue weighted by Crippen LogP contribution is -1.99. The second-order valence-electron chi connectivity index (χ2n) is 3.88. The number of carboxylic acid groups (broad SMARTS) is 1. The molecule has 0 aliphatic heterocycles. The minimum atomic E-state index is -1.01. The molecule has 19 heavy (non-hydrogen) atoms. The van der Waals surface area contributed by atoms with Gasteiger partial charge in [0.15, 0.2) is 0 Å². The molecular weight excluding hydrogens is 246 g/mol. The van der Waals surface area contributed by atoms with Gasteiger partial charge in [0.1, 0.15) is 28.8 Å². The number of furan rings is 1. The Balaban J connectivity index is 2.08. The molecule has 0 bridgehead atoms. The van der Waals surface area contributed by atoms with Gasteiger partial charge in [-0.05, 0) is 25.1 Å². The smallest absolute Gasteiger partial charge is 0.339 e. The van der Waals surface area contributed by atoms with Gasteiger partial charge in [-0.15, -0.1) is 0 Å². The largest absolute Gasteiger partial charge is 0.478 e. The van der Waals surface area contributed by atoms with Gasteiger partial charge in [-0.25, -0.2) is 9.78 Å². The zero-order valence-corrected chi connectivity index (χ0v) is 10.2. The van der Waals surface area contributed by atoms with Crippen LogP contribution in [-0.4, -0.2) is 16.1 Å². The number of carboxylic acids is 1. The Bertz CT molecular complexity index is 655.